The lowest BCUT2D eigenvalue weighted by Crippen LogP contribution is -2.42. The smallest absolute Gasteiger partial charge is 0.410 e. The van der Waals surface area contributed by atoms with Crippen LogP contribution in [0.5, 0.6) is 0 Å². The molecule has 0 spiro atoms. The van der Waals surface area contributed by atoms with Crippen molar-refractivity contribution in [2.24, 2.45) is 7.05 Å². The van der Waals surface area contributed by atoms with Crippen LogP contribution >= 0.6 is 0 Å². The number of aromatic carboxylic acids is 1. The lowest BCUT2D eigenvalue weighted by molar-refractivity contribution is 0.0200. The van der Waals surface area contributed by atoms with E-state index in [1.165, 1.54) is 0 Å². The Morgan fingerprint density at radius 1 is 1.41 bits per heavy atom. The highest BCUT2D eigenvalue weighted by Gasteiger charge is 2.35. The summed E-state index contributed by atoms with van der Waals surface area (Å²) >= 11 is 0. The summed E-state index contributed by atoms with van der Waals surface area (Å²) in [7, 11) is 1.75. The summed E-state index contributed by atoms with van der Waals surface area (Å²) in [5.41, 5.74) is 0.951. The maximum Gasteiger partial charge on any atom is 0.410 e. The molecule has 1 aliphatic rings. The molecule has 1 aromatic rings. The molecule has 1 aliphatic heterocycles. The second-order valence-corrected chi connectivity index (χ2v) is 6.61. The minimum atomic E-state index is -1.07. The molecule has 2 heterocycles. The molecule has 1 amide bonds. The van der Waals surface area contributed by atoms with Crippen molar-refractivity contribution < 1.29 is 19.4 Å². The van der Waals surface area contributed by atoms with E-state index in [9.17, 15) is 14.7 Å². The Kier molecular flexibility index (Phi) is 4.17. The number of carboxylic acid groups (broad SMARTS) is 1. The van der Waals surface area contributed by atoms with E-state index < -0.39 is 17.7 Å². The van der Waals surface area contributed by atoms with Crippen molar-refractivity contribution in [2.45, 2.75) is 52.2 Å². The molecule has 7 heteroatoms. The molecule has 0 bridgehead atoms. The number of fused-ring (bicyclic) bond motifs is 1. The molecule has 0 saturated carbocycles. The van der Waals surface area contributed by atoms with Crippen LogP contribution in [0.3, 0.4) is 0 Å². The van der Waals surface area contributed by atoms with E-state index >= 15 is 0 Å². The van der Waals surface area contributed by atoms with E-state index in [0.717, 1.165) is 12.1 Å². The Morgan fingerprint density at radius 3 is 2.55 bits per heavy atom. The molecule has 1 aromatic heterocycles. The van der Waals surface area contributed by atoms with Gasteiger partial charge in [-0.05, 0) is 27.2 Å². The number of rotatable bonds is 2. The molecule has 122 valence electrons. The first-order valence-electron chi connectivity index (χ1n) is 7.41. The van der Waals surface area contributed by atoms with Crippen LogP contribution < -0.4 is 0 Å². The Bertz CT molecular complexity index is 601. The standard InChI is InChI=1S/C15H23N3O4/c1-6-9-7-18(14(21)22-15(2,3)4)8-10-11(13(19)20)16-17(5)12(9)10/h9H,6-8H2,1-5H3,(H,19,20)/t9-/m1/s1. The lowest BCUT2D eigenvalue weighted by Gasteiger charge is -2.34. The van der Waals surface area contributed by atoms with Crippen LogP contribution in [0, 0.1) is 0 Å². The van der Waals surface area contributed by atoms with Crippen molar-refractivity contribution >= 4 is 12.1 Å². The molecule has 1 atom stereocenters. The Labute approximate surface area is 129 Å². The van der Waals surface area contributed by atoms with Crippen LogP contribution in [-0.4, -0.2) is 44.0 Å². The fraction of sp³-hybridized carbons (Fsp3) is 0.667. The van der Waals surface area contributed by atoms with Crippen molar-refractivity contribution in [1.82, 2.24) is 14.7 Å². The molecule has 0 fully saturated rings. The largest absolute Gasteiger partial charge is 0.476 e. The number of carboxylic acids is 1. The number of aryl methyl sites for hydroxylation is 1. The highest BCUT2D eigenvalue weighted by atomic mass is 16.6. The second kappa shape index (κ2) is 5.62. The maximum atomic E-state index is 12.3. The van der Waals surface area contributed by atoms with Crippen LogP contribution in [0.1, 0.15) is 61.8 Å². The summed E-state index contributed by atoms with van der Waals surface area (Å²) in [6.45, 7) is 8.17. The highest BCUT2D eigenvalue weighted by molar-refractivity contribution is 5.87. The summed E-state index contributed by atoms with van der Waals surface area (Å²) in [5, 5.41) is 13.4. The number of amides is 1. The molecule has 0 unspecified atom stereocenters. The van der Waals surface area contributed by atoms with E-state index in [0.29, 0.717) is 12.1 Å². The lowest BCUT2D eigenvalue weighted by atomic mass is 9.92. The van der Waals surface area contributed by atoms with Gasteiger partial charge in [-0.1, -0.05) is 6.92 Å². The van der Waals surface area contributed by atoms with E-state index in [4.69, 9.17) is 4.74 Å². The van der Waals surface area contributed by atoms with Crippen LogP contribution in [0.4, 0.5) is 4.79 Å². The Morgan fingerprint density at radius 2 is 2.05 bits per heavy atom. The van der Waals surface area contributed by atoms with E-state index in [2.05, 4.69) is 5.10 Å². The van der Waals surface area contributed by atoms with Gasteiger partial charge in [0.2, 0.25) is 0 Å². The Balaban J connectivity index is 2.35. The van der Waals surface area contributed by atoms with Gasteiger partial charge in [0.15, 0.2) is 5.69 Å². The summed E-state index contributed by atoms with van der Waals surface area (Å²) < 4.78 is 7.03. The second-order valence-electron chi connectivity index (χ2n) is 6.61. The first-order chi connectivity index (χ1) is 10.1. The predicted octanol–water partition coefficient (Wildman–Crippen LogP) is 2.36. The number of aromatic nitrogens is 2. The van der Waals surface area contributed by atoms with Crippen molar-refractivity contribution in [2.75, 3.05) is 6.54 Å². The normalized spacial score (nSPS) is 18.0. The van der Waals surface area contributed by atoms with Gasteiger partial charge in [-0.2, -0.15) is 5.10 Å². The number of carbonyl (C=O) groups is 2. The average molecular weight is 309 g/mol. The molecule has 0 saturated heterocycles. The molecule has 1 N–H and O–H groups in total. The van der Waals surface area contributed by atoms with Crippen LogP contribution in [0.2, 0.25) is 0 Å². The monoisotopic (exact) mass is 309 g/mol. The third-order valence-electron chi connectivity index (χ3n) is 3.72. The first kappa shape index (κ1) is 16.3. The summed E-state index contributed by atoms with van der Waals surface area (Å²) in [6, 6.07) is 0. The minimum Gasteiger partial charge on any atom is -0.476 e. The van der Waals surface area contributed by atoms with E-state index in [1.54, 1.807) is 16.6 Å². The molecule has 2 rings (SSSR count). The van der Waals surface area contributed by atoms with Gasteiger partial charge in [0.1, 0.15) is 5.60 Å². The van der Waals surface area contributed by atoms with Gasteiger partial charge in [-0.3, -0.25) is 4.68 Å². The number of carbonyl (C=O) groups excluding carboxylic acids is 1. The topological polar surface area (TPSA) is 84.7 Å². The van der Waals surface area contributed by atoms with E-state index in [1.807, 2.05) is 27.7 Å². The quantitative estimate of drug-likeness (QED) is 0.906. The minimum absolute atomic E-state index is 0.0178. The zero-order valence-electron chi connectivity index (χ0n) is 13.7. The van der Waals surface area contributed by atoms with Crippen molar-refractivity contribution in [3.05, 3.63) is 17.0 Å². The Hall–Kier alpha value is -2.05. The zero-order chi connectivity index (χ0) is 16.7. The first-order valence-corrected chi connectivity index (χ1v) is 7.41. The number of ether oxygens (including phenoxy) is 1. The summed E-state index contributed by atoms with van der Waals surface area (Å²) in [4.78, 5) is 25.2. The van der Waals surface area contributed by atoms with Crippen molar-refractivity contribution in [3.8, 4) is 0 Å². The van der Waals surface area contributed by atoms with Gasteiger partial charge in [0, 0.05) is 30.8 Å². The van der Waals surface area contributed by atoms with Crippen molar-refractivity contribution in [1.29, 1.82) is 0 Å². The summed E-state index contributed by atoms with van der Waals surface area (Å²) in [5.74, 6) is -1.01. The third-order valence-corrected chi connectivity index (χ3v) is 3.72. The van der Waals surface area contributed by atoms with Gasteiger partial charge < -0.3 is 14.7 Å². The zero-order valence-corrected chi connectivity index (χ0v) is 13.7. The van der Waals surface area contributed by atoms with Gasteiger partial charge in [-0.15, -0.1) is 0 Å². The molecule has 0 aromatic carbocycles. The molecule has 0 radical (unpaired) electrons. The highest BCUT2D eigenvalue weighted by Crippen LogP contribution is 2.33. The molecular formula is C15H23N3O4. The fourth-order valence-corrected chi connectivity index (χ4v) is 2.82. The van der Waals surface area contributed by atoms with Crippen LogP contribution in [0.25, 0.3) is 0 Å². The number of hydrogen-bond donors (Lipinski definition) is 1. The van der Waals surface area contributed by atoms with Gasteiger partial charge >= 0.3 is 12.1 Å². The maximum absolute atomic E-state index is 12.3. The van der Waals surface area contributed by atoms with Gasteiger partial charge in [0.25, 0.3) is 0 Å². The number of nitrogens with zero attached hydrogens (tertiary/aromatic N) is 3. The molecule has 0 aliphatic carbocycles. The molecular weight excluding hydrogens is 286 g/mol. The number of hydrogen-bond acceptors (Lipinski definition) is 4. The van der Waals surface area contributed by atoms with Crippen LogP contribution in [-0.2, 0) is 18.3 Å². The van der Waals surface area contributed by atoms with Crippen LogP contribution in [0.15, 0.2) is 0 Å². The van der Waals surface area contributed by atoms with Crippen molar-refractivity contribution in [3.63, 3.8) is 0 Å². The van der Waals surface area contributed by atoms with Gasteiger partial charge in [0.05, 0.1) is 6.54 Å². The average Bonchev–Trinajstić information content (AvgIpc) is 2.73. The fourth-order valence-electron chi connectivity index (χ4n) is 2.82. The SMILES string of the molecule is CC[C@@H]1CN(C(=O)OC(C)(C)C)Cc2c(C(=O)O)nn(C)c21. The summed E-state index contributed by atoms with van der Waals surface area (Å²) in [6.07, 6.45) is 0.377. The van der Waals surface area contributed by atoms with E-state index in [-0.39, 0.29) is 18.2 Å². The molecule has 22 heavy (non-hydrogen) atoms. The molecule has 7 nitrogen and oxygen atoms in total. The third kappa shape index (κ3) is 3.08. The van der Waals surface area contributed by atoms with Gasteiger partial charge in [-0.25, -0.2) is 9.59 Å². The predicted molar refractivity (Wildman–Crippen MR) is 79.8 cm³/mol.